The molecule has 1 N–H and O–H groups in total. The Labute approximate surface area is 183 Å². The van der Waals surface area contributed by atoms with E-state index in [1.165, 1.54) is 0 Å². The van der Waals surface area contributed by atoms with E-state index in [9.17, 15) is 13.2 Å². The lowest BCUT2D eigenvalue weighted by Crippen LogP contribution is -2.47. The van der Waals surface area contributed by atoms with E-state index >= 15 is 0 Å². The predicted molar refractivity (Wildman–Crippen MR) is 120 cm³/mol. The van der Waals surface area contributed by atoms with Gasteiger partial charge in [-0.25, -0.2) is 8.42 Å². The van der Waals surface area contributed by atoms with E-state index < -0.39 is 15.9 Å². The van der Waals surface area contributed by atoms with E-state index in [1.54, 1.807) is 24.3 Å². The number of hydrogen-bond acceptors (Lipinski definition) is 4. The van der Waals surface area contributed by atoms with Crippen LogP contribution < -0.4 is 14.4 Å². The van der Waals surface area contributed by atoms with Gasteiger partial charge < -0.3 is 10.1 Å². The third-order valence-corrected chi connectivity index (χ3v) is 7.08. The van der Waals surface area contributed by atoms with Gasteiger partial charge >= 0.3 is 0 Å². The number of amides is 1. The molecule has 30 heavy (non-hydrogen) atoms. The molecule has 1 aliphatic heterocycles. The summed E-state index contributed by atoms with van der Waals surface area (Å²) in [4.78, 5) is 12.9. The fourth-order valence-electron chi connectivity index (χ4n) is 3.84. The van der Waals surface area contributed by atoms with Gasteiger partial charge in [-0.3, -0.25) is 9.10 Å². The van der Waals surface area contributed by atoms with Crippen molar-refractivity contribution in [3.05, 3.63) is 59.1 Å². The number of ether oxygens (including phenoxy) is 1. The summed E-state index contributed by atoms with van der Waals surface area (Å²) in [5.41, 5.74) is 0.804. The molecule has 0 radical (unpaired) electrons. The van der Waals surface area contributed by atoms with Crippen molar-refractivity contribution < 1.29 is 17.9 Å². The zero-order valence-electron chi connectivity index (χ0n) is 17.4. The van der Waals surface area contributed by atoms with Gasteiger partial charge in [-0.1, -0.05) is 55.8 Å². The average molecular weight is 451 g/mol. The first-order valence-corrected chi connectivity index (χ1v) is 12.2. The van der Waals surface area contributed by atoms with Gasteiger partial charge in [-0.05, 0) is 31.0 Å². The summed E-state index contributed by atoms with van der Waals surface area (Å²) in [6, 6.07) is 13.9. The normalized spacial score (nSPS) is 17.5. The molecule has 1 aliphatic rings. The third-order valence-electron chi connectivity index (χ3n) is 5.63. The Morgan fingerprint density at radius 2 is 1.80 bits per heavy atom. The predicted octanol–water partition coefficient (Wildman–Crippen LogP) is 4.30. The first-order valence-electron chi connectivity index (χ1n) is 9.98. The molecule has 1 amide bonds. The summed E-state index contributed by atoms with van der Waals surface area (Å²) in [5.74, 6) is 0.354. The number of carbonyl (C=O) groups excluding carboxylic acids is 1. The van der Waals surface area contributed by atoms with Crippen molar-refractivity contribution in [2.45, 2.75) is 44.8 Å². The molecule has 1 atom stereocenters. The van der Waals surface area contributed by atoms with Crippen LogP contribution in [0.5, 0.6) is 5.75 Å². The van der Waals surface area contributed by atoms with Crippen molar-refractivity contribution >= 4 is 33.2 Å². The van der Waals surface area contributed by atoms with Crippen molar-refractivity contribution in [1.82, 2.24) is 5.32 Å². The monoisotopic (exact) mass is 450 g/mol. The lowest BCUT2D eigenvalue weighted by Gasteiger charge is -2.41. The number of rotatable bonds is 7. The van der Waals surface area contributed by atoms with Gasteiger partial charge in [-0.2, -0.15) is 0 Å². The quantitative estimate of drug-likeness (QED) is 0.682. The number of halogens is 1. The van der Waals surface area contributed by atoms with Crippen molar-refractivity contribution in [1.29, 1.82) is 0 Å². The number of nitrogens with one attached hydrogen (secondary N) is 1. The summed E-state index contributed by atoms with van der Waals surface area (Å²) in [5, 5.41) is 3.29. The van der Waals surface area contributed by atoms with Gasteiger partial charge in [0, 0.05) is 12.0 Å². The highest BCUT2D eigenvalue weighted by Crippen LogP contribution is 2.42. The molecular formula is C22H27ClN2O4S. The van der Waals surface area contributed by atoms with E-state index in [-0.39, 0.29) is 28.9 Å². The SMILES string of the molecule is CCC1(CC)CC(NC(=O)CN(c2ccccc2Cl)S(C)(=O)=O)c2ccccc2O1. The Morgan fingerprint density at radius 1 is 1.17 bits per heavy atom. The highest BCUT2D eigenvalue weighted by Gasteiger charge is 2.39. The molecule has 0 bridgehead atoms. The van der Waals surface area contributed by atoms with Crippen LogP contribution >= 0.6 is 11.6 Å². The maximum absolute atomic E-state index is 12.9. The fraction of sp³-hybridized carbons (Fsp3) is 0.409. The van der Waals surface area contributed by atoms with Crippen LogP contribution in [0.15, 0.2) is 48.5 Å². The summed E-state index contributed by atoms with van der Waals surface area (Å²) in [6.45, 7) is 3.78. The van der Waals surface area contributed by atoms with Crippen molar-refractivity contribution in [3.8, 4) is 5.75 Å². The summed E-state index contributed by atoms with van der Waals surface area (Å²) >= 11 is 6.19. The summed E-state index contributed by atoms with van der Waals surface area (Å²) < 4.78 is 32.1. The minimum Gasteiger partial charge on any atom is -0.487 e. The lowest BCUT2D eigenvalue weighted by atomic mass is 9.83. The van der Waals surface area contributed by atoms with Gasteiger partial charge in [0.15, 0.2) is 0 Å². The van der Waals surface area contributed by atoms with E-state index in [2.05, 4.69) is 19.2 Å². The number of hydrogen-bond donors (Lipinski definition) is 1. The van der Waals surface area contributed by atoms with Crippen LogP contribution in [0.3, 0.4) is 0 Å². The molecule has 0 spiro atoms. The van der Waals surface area contributed by atoms with Crippen LogP contribution in [0, 0.1) is 0 Å². The molecule has 0 aliphatic carbocycles. The average Bonchev–Trinajstić information content (AvgIpc) is 2.71. The summed E-state index contributed by atoms with van der Waals surface area (Å²) in [6.07, 6.45) is 3.29. The maximum atomic E-state index is 12.9. The highest BCUT2D eigenvalue weighted by atomic mass is 35.5. The Morgan fingerprint density at radius 3 is 2.43 bits per heavy atom. The van der Waals surface area contributed by atoms with Gasteiger partial charge in [0.05, 0.1) is 23.0 Å². The number of carbonyl (C=O) groups is 1. The number of para-hydroxylation sites is 2. The van der Waals surface area contributed by atoms with Crippen LogP contribution in [-0.4, -0.2) is 32.7 Å². The number of benzene rings is 2. The van der Waals surface area contributed by atoms with Crippen molar-refractivity contribution in [2.75, 3.05) is 17.1 Å². The van der Waals surface area contributed by atoms with Crippen molar-refractivity contribution in [3.63, 3.8) is 0 Å². The molecule has 0 saturated heterocycles. The number of fused-ring (bicyclic) bond motifs is 1. The second-order valence-corrected chi connectivity index (χ2v) is 9.89. The minimum atomic E-state index is -3.71. The van der Waals surface area contributed by atoms with Gasteiger partial charge in [0.25, 0.3) is 0 Å². The topological polar surface area (TPSA) is 75.7 Å². The Bertz CT molecular complexity index is 1020. The molecule has 6 nitrogen and oxygen atoms in total. The molecule has 1 unspecified atom stereocenters. The standard InChI is InChI=1S/C22H27ClN2O4S/c1-4-22(5-2)14-18(16-10-6-9-13-20(16)29-22)24-21(26)15-25(30(3,27)28)19-12-8-7-11-17(19)23/h6-13,18H,4-5,14-15H2,1-3H3,(H,24,26). The van der Waals surface area contributed by atoms with Crippen LogP contribution in [0.2, 0.25) is 5.02 Å². The molecule has 162 valence electrons. The summed E-state index contributed by atoms with van der Waals surface area (Å²) in [7, 11) is -3.71. The molecular weight excluding hydrogens is 424 g/mol. The Balaban J connectivity index is 1.86. The molecule has 2 aromatic rings. The molecule has 0 saturated carbocycles. The number of sulfonamides is 1. The zero-order valence-corrected chi connectivity index (χ0v) is 19.0. The maximum Gasteiger partial charge on any atom is 0.241 e. The molecule has 3 rings (SSSR count). The van der Waals surface area contributed by atoms with E-state index in [1.807, 2.05) is 24.3 Å². The van der Waals surface area contributed by atoms with Crippen molar-refractivity contribution in [2.24, 2.45) is 0 Å². The Kier molecular flexibility index (Phi) is 6.62. The first kappa shape index (κ1) is 22.4. The third kappa shape index (κ3) is 4.73. The molecule has 2 aromatic carbocycles. The Hall–Kier alpha value is -2.25. The van der Waals surface area contributed by atoms with Crippen LogP contribution in [0.1, 0.15) is 44.7 Å². The van der Waals surface area contributed by atoms with E-state index in [4.69, 9.17) is 16.3 Å². The minimum absolute atomic E-state index is 0.267. The fourth-order valence-corrected chi connectivity index (χ4v) is 4.99. The molecule has 8 heteroatoms. The smallest absolute Gasteiger partial charge is 0.241 e. The highest BCUT2D eigenvalue weighted by molar-refractivity contribution is 7.92. The van der Waals surface area contributed by atoms with Gasteiger partial charge in [0.1, 0.15) is 17.9 Å². The number of nitrogens with zero attached hydrogens (tertiary/aromatic N) is 1. The molecule has 1 heterocycles. The lowest BCUT2D eigenvalue weighted by molar-refractivity contribution is -0.121. The van der Waals surface area contributed by atoms with Gasteiger partial charge in [0.2, 0.25) is 15.9 Å². The van der Waals surface area contributed by atoms with Crippen LogP contribution in [0.4, 0.5) is 5.69 Å². The zero-order chi connectivity index (χ0) is 21.9. The van der Waals surface area contributed by atoms with Crippen LogP contribution in [0.25, 0.3) is 0 Å². The van der Waals surface area contributed by atoms with Crippen LogP contribution in [-0.2, 0) is 14.8 Å². The molecule has 0 aromatic heterocycles. The number of anilines is 1. The first-order chi connectivity index (χ1) is 14.2. The van der Waals surface area contributed by atoms with E-state index in [0.29, 0.717) is 6.42 Å². The second-order valence-electron chi connectivity index (χ2n) is 7.58. The second kappa shape index (κ2) is 8.86. The van der Waals surface area contributed by atoms with Gasteiger partial charge in [-0.15, -0.1) is 0 Å². The molecule has 0 fully saturated rings. The largest absolute Gasteiger partial charge is 0.487 e. The van der Waals surface area contributed by atoms with E-state index in [0.717, 1.165) is 34.7 Å².